The maximum atomic E-state index is 12.8. The molecule has 0 atom stereocenters. The van der Waals surface area contributed by atoms with E-state index in [1.165, 1.54) is 18.9 Å². The Morgan fingerprint density at radius 3 is 2.55 bits per heavy atom. The zero-order chi connectivity index (χ0) is 21.8. The molecule has 1 aromatic heterocycles. The van der Waals surface area contributed by atoms with Gasteiger partial charge in [0.15, 0.2) is 0 Å². The minimum Gasteiger partial charge on any atom is -0.417 e. The summed E-state index contributed by atoms with van der Waals surface area (Å²) >= 11 is 0. The number of carbonyl (C=O) groups excluding carboxylic acids is 1. The highest BCUT2D eigenvalue weighted by atomic mass is 32.2. The van der Waals surface area contributed by atoms with Gasteiger partial charge in [0.2, 0.25) is 15.9 Å². The first-order chi connectivity index (χ1) is 14.9. The second kappa shape index (κ2) is 9.43. The van der Waals surface area contributed by atoms with Crippen molar-refractivity contribution in [3.8, 4) is 0 Å². The number of piperidine rings is 1. The molecule has 31 heavy (non-hydrogen) atoms. The smallest absolute Gasteiger partial charge is 0.311 e. The molecule has 3 N–H and O–H groups in total. The molecule has 2 aliphatic heterocycles. The average molecular weight is 449 g/mol. The third-order valence-corrected chi connectivity index (χ3v) is 6.92. The number of nitrogens with zero attached hydrogens (tertiary/aromatic N) is 4. The van der Waals surface area contributed by atoms with Gasteiger partial charge in [0.1, 0.15) is 0 Å². The van der Waals surface area contributed by atoms with Crippen molar-refractivity contribution in [1.29, 1.82) is 0 Å². The number of primary sulfonamides is 1. The highest BCUT2D eigenvalue weighted by Crippen LogP contribution is 2.19. The Hall–Kier alpha value is -2.34. The first kappa shape index (κ1) is 21.9. The van der Waals surface area contributed by atoms with Gasteiger partial charge in [-0.3, -0.25) is 9.69 Å². The highest BCUT2D eigenvalue weighted by molar-refractivity contribution is 7.89. The monoisotopic (exact) mass is 448 g/mol. The Morgan fingerprint density at radius 2 is 1.84 bits per heavy atom. The van der Waals surface area contributed by atoms with Crippen LogP contribution in [0.3, 0.4) is 0 Å². The Morgan fingerprint density at radius 1 is 1.13 bits per heavy atom. The fourth-order valence-electron chi connectivity index (χ4n) is 4.20. The van der Waals surface area contributed by atoms with Gasteiger partial charge in [0.05, 0.1) is 11.3 Å². The van der Waals surface area contributed by atoms with Crippen molar-refractivity contribution in [2.24, 2.45) is 11.1 Å². The first-order valence-corrected chi connectivity index (χ1v) is 12.1. The van der Waals surface area contributed by atoms with Crippen molar-refractivity contribution in [2.75, 3.05) is 45.8 Å². The maximum Gasteiger partial charge on any atom is 0.311 e. The molecular weight excluding hydrogens is 420 g/mol. The second-order valence-corrected chi connectivity index (χ2v) is 9.65. The van der Waals surface area contributed by atoms with E-state index < -0.39 is 10.0 Å². The molecule has 0 aliphatic carbocycles. The van der Waals surface area contributed by atoms with E-state index in [1.807, 2.05) is 0 Å². The number of benzene rings is 1. The predicted molar refractivity (Wildman–Crippen MR) is 113 cm³/mol. The van der Waals surface area contributed by atoms with Gasteiger partial charge in [-0.2, -0.15) is 0 Å². The molecule has 1 aromatic carbocycles. The van der Waals surface area contributed by atoms with Gasteiger partial charge in [-0.25, -0.2) is 13.6 Å². The number of sulfonamides is 1. The molecule has 168 valence electrons. The van der Waals surface area contributed by atoms with Gasteiger partial charge in [-0.05, 0) is 43.5 Å². The van der Waals surface area contributed by atoms with E-state index in [2.05, 4.69) is 20.4 Å². The van der Waals surface area contributed by atoms with Crippen LogP contribution in [0.25, 0.3) is 0 Å². The van der Waals surface area contributed by atoms with Crippen LogP contribution in [0, 0.1) is 5.92 Å². The Kier molecular flexibility index (Phi) is 6.65. The van der Waals surface area contributed by atoms with Gasteiger partial charge < -0.3 is 14.6 Å². The standard InChI is InChI=1S/C20H28N6O4S/c21-31(28,29)17-4-2-1-3-16(17)13-18-23-24-19(30-18)20(27)26-11-9-25(10-12-26)14-15-5-7-22-8-6-15/h1-4,15,22H,5-14H2,(H2,21,28,29). The highest BCUT2D eigenvalue weighted by Gasteiger charge is 2.27. The maximum absolute atomic E-state index is 12.8. The molecule has 10 nitrogen and oxygen atoms in total. The third kappa shape index (κ3) is 5.48. The lowest BCUT2D eigenvalue weighted by Crippen LogP contribution is -2.50. The molecule has 0 saturated carbocycles. The number of hydrogen-bond donors (Lipinski definition) is 2. The molecule has 11 heteroatoms. The minimum atomic E-state index is -3.87. The molecule has 4 rings (SSSR count). The number of rotatable bonds is 6. The van der Waals surface area contributed by atoms with E-state index in [1.54, 1.807) is 23.1 Å². The number of nitrogens with two attached hydrogens (primary N) is 1. The zero-order valence-corrected chi connectivity index (χ0v) is 18.2. The molecule has 2 aromatic rings. The third-order valence-electron chi connectivity index (χ3n) is 5.91. The van der Waals surface area contributed by atoms with Crippen LogP contribution in [0.2, 0.25) is 0 Å². The second-order valence-electron chi connectivity index (χ2n) is 8.12. The lowest BCUT2D eigenvalue weighted by Gasteiger charge is -2.36. The van der Waals surface area contributed by atoms with Crippen LogP contribution in [0.4, 0.5) is 0 Å². The average Bonchev–Trinajstić information content (AvgIpc) is 3.23. The topological polar surface area (TPSA) is 135 Å². The summed E-state index contributed by atoms with van der Waals surface area (Å²) in [6.45, 7) is 6.16. The summed E-state index contributed by atoms with van der Waals surface area (Å²) < 4.78 is 29.1. The van der Waals surface area contributed by atoms with Crippen LogP contribution < -0.4 is 10.5 Å². The van der Waals surface area contributed by atoms with Crippen molar-refractivity contribution in [3.05, 3.63) is 41.6 Å². The first-order valence-electron chi connectivity index (χ1n) is 10.6. The molecule has 3 heterocycles. The SMILES string of the molecule is NS(=O)(=O)c1ccccc1Cc1nnc(C(=O)N2CCN(CC3CCNCC3)CC2)o1. The van der Waals surface area contributed by atoms with Crippen LogP contribution in [-0.4, -0.2) is 80.1 Å². The van der Waals surface area contributed by atoms with E-state index in [9.17, 15) is 13.2 Å². The molecule has 0 spiro atoms. The molecule has 2 aliphatic rings. The molecule has 0 radical (unpaired) electrons. The summed E-state index contributed by atoms with van der Waals surface area (Å²) in [6.07, 6.45) is 2.49. The summed E-state index contributed by atoms with van der Waals surface area (Å²) in [4.78, 5) is 16.9. The Bertz CT molecular complexity index is 1010. The van der Waals surface area contributed by atoms with E-state index in [4.69, 9.17) is 9.56 Å². The quantitative estimate of drug-likeness (QED) is 0.634. The van der Waals surface area contributed by atoms with Gasteiger partial charge in [0, 0.05) is 32.7 Å². The summed E-state index contributed by atoms with van der Waals surface area (Å²) in [7, 11) is -3.87. The number of amides is 1. The molecule has 2 saturated heterocycles. The van der Waals surface area contributed by atoms with Crippen molar-refractivity contribution in [1.82, 2.24) is 25.3 Å². The number of carbonyl (C=O) groups is 1. The van der Waals surface area contributed by atoms with Crippen molar-refractivity contribution < 1.29 is 17.6 Å². The lowest BCUT2D eigenvalue weighted by atomic mass is 9.97. The predicted octanol–water partition coefficient (Wildman–Crippen LogP) is 0.0652. The van der Waals surface area contributed by atoms with Crippen molar-refractivity contribution in [2.45, 2.75) is 24.2 Å². The number of hydrogen-bond acceptors (Lipinski definition) is 8. The largest absolute Gasteiger partial charge is 0.417 e. The van der Waals surface area contributed by atoms with Crippen LogP contribution in [0.5, 0.6) is 0 Å². The van der Waals surface area contributed by atoms with E-state index >= 15 is 0 Å². The molecule has 2 fully saturated rings. The summed E-state index contributed by atoms with van der Waals surface area (Å²) in [6, 6.07) is 6.36. The van der Waals surface area contributed by atoms with E-state index in [0.717, 1.165) is 38.6 Å². The van der Waals surface area contributed by atoms with Crippen molar-refractivity contribution >= 4 is 15.9 Å². The van der Waals surface area contributed by atoms with Gasteiger partial charge in [0.25, 0.3) is 0 Å². The van der Waals surface area contributed by atoms with Gasteiger partial charge in [-0.15, -0.1) is 10.2 Å². The van der Waals surface area contributed by atoms with E-state index in [-0.39, 0.29) is 29.0 Å². The number of piperazine rings is 1. The molecular formula is C20H28N6O4S. The fourth-order valence-corrected chi connectivity index (χ4v) is 4.97. The van der Waals surface area contributed by atoms with Gasteiger partial charge >= 0.3 is 11.8 Å². The molecule has 0 bridgehead atoms. The minimum absolute atomic E-state index is 0.00551. The zero-order valence-electron chi connectivity index (χ0n) is 17.4. The fraction of sp³-hybridized carbons (Fsp3) is 0.550. The van der Waals surface area contributed by atoms with Crippen LogP contribution in [-0.2, 0) is 16.4 Å². The number of aromatic nitrogens is 2. The summed E-state index contributed by atoms with van der Waals surface area (Å²) in [5, 5.41) is 16.5. The van der Waals surface area contributed by atoms with Gasteiger partial charge in [-0.1, -0.05) is 18.2 Å². The number of nitrogens with one attached hydrogen (secondary N) is 1. The Balaban J connectivity index is 1.34. The normalized spacial score (nSPS) is 18.9. The van der Waals surface area contributed by atoms with Crippen LogP contribution in [0.1, 0.15) is 35.0 Å². The van der Waals surface area contributed by atoms with Crippen molar-refractivity contribution in [3.63, 3.8) is 0 Å². The molecule has 1 amide bonds. The van der Waals surface area contributed by atoms with Crippen LogP contribution in [0.15, 0.2) is 33.6 Å². The Labute approximate surface area is 181 Å². The van der Waals surface area contributed by atoms with E-state index in [0.29, 0.717) is 18.7 Å². The summed E-state index contributed by atoms with van der Waals surface area (Å²) in [5.74, 6) is 0.529. The molecule has 0 unspecified atom stereocenters. The van der Waals surface area contributed by atoms with Crippen LogP contribution >= 0.6 is 0 Å². The summed E-state index contributed by atoms with van der Waals surface area (Å²) in [5.41, 5.74) is 0.444. The lowest BCUT2D eigenvalue weighted by molar-refractivity contribution is 0.0569.